The topological polar surface area (TPSA) is 71.9 Å². The van der Waals surface area contributed by atoms with Crippen molar-refractivity contribution in [1.82, 2.24) is 4.98 Å². The number of rotatable bonds is 3. The smallest absolute Gasteiger partial charge is 0.237 e. The van der Waals surface area contributed by atoms with E-state index in [2.05, 4.69) is 11.1 Å². The molecular weight excluding hydrogens is 262 g/mol. The lowest BCUT2D eigenvalue weighted by atomic mass is 9.95. The minimum atomic E-state index is 0.396. The minimum Gasteiger partial charge on any atom is -0.438 e. The van der Waals surface area contributed by atoms with Gasteiger partial charge in [0, 0.05) is 12.2 Å². The highest BCUT2D eigenvalue weighted by atomic mass is 16.5. The number of nitrogens with two attached hydrogens (primary N) is 1. The predicted molar refractivity (Wildman–Crippen MR) is 80.0 cm³/mol. The fraction of sp³-hybridized carbons (Fsp3) is 0.294. The number of fused-ring (bicyclic) bond motifs is 1. The summed E-state index contributed by atoms with van der Waals surface area (Å²) < 4.78 is 5.82. The van der Waals surface area contributed by atoms with Crippen molar-refractivity contribution in [2.45, 2.75) is 32.2 Å². The van der Waals surface area contributed by atoms with Crippen LogP contribution in [-0.2, 0) is 19.4 Å². The Morgan fingerprint density at radius 1 is 1.24 bits per heavy atom. The highest BCUT2D eigenvalue weighted by Crippen LogP contribution is 2.29. The van der Waals surface area contributed by atoms with Crippen LogP contribution in [0, 0.1) is 11.3 Å². The van der Waals surface area contributed by atoms with Gasteiger partial charge in [0.15, 0.2) is 0 Å². The maximum Gasteiger partial charge on any atom is 0.237 e. The maximum absolute atomic E-state index is 9.31. The van der Waals surface area contributed by atoms with E-state index >= 15 is 0 Å². The van der Waals surface area contributed by atoms with Crippen molar-refractivity contribution in [1.29, 1.82) is 5.26 Å². The Morgan fingerprint density at radius 2 is 2.10 bits per heavy atom. The largest absolute Gasteiger partial charge is 0.438 e. The molecule has 0 fully saturated rings. The molecule has 3 rings (SSSR count). The fourth-order valence-corrected chi connectivity index (χ4v) is 2.62. The molecule has 0 aliphatic heterocycles. The molecule has 1 aromatic heterocycles. The fourth-order valence-electron chi connectivity index (χ4n) is 2.62. The molecule has 1 aromatic carbocycles. The number of hydrogen-bond donors (Lipinski definition) is 1. The van der Waals surface area contributed by atoms with Gasteiger partial charge in [-0.05, 0) is 55.0 Å². The monoisotopic (exact) mass is 279 g/mol. The van der Waals surface area contributed by atoms with Gasteiger partial charge in [-0.2, -0.15) is 5.26 Å². The Balaban J connectivity index is 1.95. The van der Waals surface area contributed by atoms with Crippen LogP contribution in [0.5, 0.6) is 11.6 Å². The van der Waals surface area contributed by atoms with E-state index in [0.717, 1.165) is 36.9 Å². The van der Waals surface area contributed by atoms with Gasteiger partial charge in [-0.25, -0.2) is 4.98 Å². The zero-order chi connectivity index (χ0) is 14.7. The Hall–Kier alpha value is -2.38. The molecule has 0 atom stereocenters. The molecule has 2 N–H and O–H groups in total. The van der Waals surface area contributed by atoms with Crippen LogP contribution in [0.25, 0.3) is 0 Å². The molecule has 21 heavy (non-hydrogen) atoms. The number of pyridine rings is 1. The summed E-state index contributed by atoms with van der Waals surface area (Å²) in [6.07, 6.45) is 4.27. The predicted octanol–water partition coefficient (Wildman–Crippen LogP) is 3.08. The molecule has 0 bridgehead atoms. The molecule has 0 amide bonds. The Bertz CT molecular complexity index is 704. The standard InChI is InChI=1S/C17H17N3O/c18-10-12-4-3-6-15(8-12)21-17-14(11-19)9-13-5-1-2-7-16(13)20-17/h3-4,6,8-9H,1-2,5,7,10,18H2. The van der Waals surface area contributed by atoms with E-state index in [4.69, 9.17) is 10.5 Å². The van der Waals surface area contributed by atoms with Crippen molar-refractivity contribution < 1.29 is 4.74 Å². The highest BCUT2D eigenvalue weighted by Gasteiger charge is 2.16. The number of hydrogen-bond acceptors (Lipinski definition) is 4. The van der Waals surface area contributed by atoms with Crippen LogP contribution in [0.2, 0.25) is 0 Å². The summed E-state index contributed by atoms with van der Waals surface area (Å²) in [7, 11) is 0. The van der Waals surface area contributed by atoms with Crippen molar-refractivity contribution >= 4 is 0 Å². The second kappa shape index (κ2) is 5.94. The van der Waals surface area contributed by atoms with Gasteiger partial charge in [0.25, 0.3) is 0 Å². The van der Waals surface area contributed by atoms with Gasteiger partial charge >= 0.3 is 0 Å². The third-order valence-electron chi connectivity index (χ3n) is 3.73. The van der Waals surface area contributed by atoms with Crippen molar-refractivity contribution in [2.24, 2.45) is 5.73 Å². The van der Waals surface area contributed by atoms with Crippen LogP contribution in [-0.4, -0.2) is 4.98 Å². The van der Waals surface area contributed by atoms with Crippen molar-refractivity contribution in [2.75, 3.05) is 0 Å². The number of aryl methyl sites for hydroxylation is 2. The molecule has 0 radical (unpaired) electrons. The molecular formula is C17H17N3O. The molecule has 1 heterocycles. The van der Waals surface area contributed by atoms with Crippen LogP contribution in [0.1, 0.15) is 35.2 Å². The number of nitrogens with zero attached hydrogens (tertiary/aromatic N) is 2. The molecule has 4 nitrogen and oxygen atoms in total. The summed E-state index contributed by atoms with van der Waals surface area (Å²) >= 11 is 0. The lowest BCUT2D eigenvalue weighted by molar-refractivity contribution is 0.455. The summed E-state index contributed by atoms with van der Waals surface area (Å²) in [4.78, 5) is 4.56. The van der Waals surface area contributed by atoms with Crippen LogP contribution in [0.3, 0.4) is 0 Å². The molecule has 0 saturated heterocycles. The van der Waals surface area contributed by atoms with Gasteiger partial charge in [0.05, 0.1) is 0 Å². The van der Waals surface area contributed by atoms with Crippen molar-refractivity contribution in [3.63, 3.8) is 0 Å². The lowest BCUT2D eigenvalue weighted by Gasteiger charge is -2.16. The normalized spacial score (nSPS) is 13.3. The number of aromatic nitrogens is 1. The number of benzene rings is 1. The van der Waals surface area contributed by atoms with E-state index in [9.17, 15) is 5.26 Å². The first kappa shape index (κ1) is 13.6. The van der Waals surface area contributed by atoms with Crippen molar-refractivity contribution in [3.05, 3.63) is 52.7 Å². The summed E-state index contributed by atoms with van der Waals surface area (Å²) in [6.45, 7) is 0.458. The van der Waals surface area contributed by atoms with Gasteiger partial charge in [0.1, 0.15) is 17.4 Å². The van der Waals surface area contributed by atoms with Crippen LogP contribution < -0.4 is 10.5 Å². The molecule has 106 valence electrons. The molecule has 0 saturated carbocycles. The SMILES string of the molecule is N#Cc1cc2c(nc1Oc1cccc(CN)c1)CCCC2. The van der Waals surface area contributed by atoms with Crippen LogP contribution >= 0.6 is 0 Å². The zero-order valence-electron chi connectivity index (χ0n) is 11.8. The van der Waals surface area contributed by atoms with Gasteiger partial charge in [-0.15, -0.1) is 0 Å². The second-order valence-corrected chi connectivity index (χ2v) is 5.22. The van der Waals surface area contributed by atoms with Gasteiger partial charge in [-0.1, -0.05) is 12.1 Å². The molecule has 1 aliphatic carbocycles. The van der Waals surface area contributed by atoms with E-state index in [1.165, 1.54) is 5.56 Å². The van der Waals surface area contributed by atoms with Crippen LogP contribution in [0.4, 0.5) is 0 Å². The van der Waals surface area contributed by atoms with E-state index in [-0.39, 0.29) is 0 Å². The second-order valence-electron chi connectivity index (χ2n) is 5.22. The quantitative estimate of drug-likeness (QED) is 0.937. The molecule has 0 spiro atoms. The Labute approximate surface area is 124 Å². The average Bonchev–Trinajstić information content (AvgIpc) is 2.54. The first-order valence-electron chi connectivity index (χ1n) is 7.20. The third-order valence-corrected chi connectivity index (χ3v) is 3.73. The van der Waals surface area contributed by atoms with Crippen molar-refractivity contribution in [3.8, 4) is 17.7 Å². The molecule has 0 unspecified atom stereocenters. The van der Waals surface area contributed by atoms with E-state index in [0.29, 0.717) is 23.7 Å². The Morgan fingerprint density at radius 3 is 2.90 bits per heavy atom. The number of ether oxygens (including phenoxy) is 1. The summed E-state index contributed by atoms with van der Waals surface area (Å²) in [5, 5.41) is 9.31. The third kappa shape index (κ3) is 2.88. The summed E-state index contributed by atoms with van der Waals surface area (Å²) in [6, 6.07) is 11.7. The molecule has 2 aromatic rings. The average molecular weight is 279 g/mol. The minimum absolute atomic E-state index is 0.396. The molecule has 1 aliphatic rings. The first-order valence-corrected chi connectivity index (χ1v) is 7.20. The zero-order valence-corrected chi connectivity index (χ0v) is 11.8. The van der Waals surface area contributed by atoms with Gasteiger partial charge in [-0.3, -0.25) is 0 Å². The van der Waals surface area contributed by atoms with Crippen LogP contribution in [0.15, 0.2) is 30.3 Å². The lowest BCUT2D eigenvalue weighted by Crippen LogP contribution is -2.07. The van der Waals surface area contributed by atoms with Gasteiger partial charge in [0.2, 0.25) is 5.88 Å². The summed E-state index contributed by atoms with van der Waals surface area (Å²) in [5.41, 5.74) is 9.36. The Kier molecular flexibility index (Phi) is 3.85. The highest BCUT2D eigenvalue weighted by molar-refractivity contribution is 5.45. The van der Waals surface area contributed by atoms with E-state index in [1.54, 1.807) is 0 Å². The maximum atomic E-state index is 9.31. The number of nitriles is 1. The summed E-state index contributed by atoms with van der Waals surface area (Å²) in [5.74, 6) is 1.06. The van der Waals surface area contributed by atoms with E-state index < -0.39 is 0 Å². The van der Waals surface area contributed by atoms with Gasteiger partial charge < -0.3 is 10.5 Å². The first-order chi connectivity index (χ1) is 10.3. The van der Waals surface area contributed by atoms with E-state index in [1.807, 2.05) is 30.3 Å². The molecule has 4 heteroatoms.